The fourth-order valence-electron chi connectivity index (χ4n) is 1.49. The van der Waals surface area contributed by atoms with Crippen LogP contribution < -0.4 is 10.6 Å². The molecule has 1 aromatic rings. The summed E-state index contributed by atoms with van der Waals surface area (Å²) in [5, 5.41) is 6.56. The standard InChI is InChI=1S/C13H18ClIN2O2/c1-9(13(18)16-6-3-7-19-2)17-12-5-4-10(15)8-11(12)14/h4-5,8-9,17H,3,6-7H2,1-2H3,(H,16,18). The Morgan fingerprint density at radius 1 is 1.53 bits per heavy atom. The molecule has 0 bridgehead atoms. The Morgan fingerprint density at radius 3 is 2.89 bits per heavy atom. The summed E-state index contributed by atoms with van der Waals surface area (Å²) in [5.41, 5.74) is 0.765. The van der Waals surface area contributed by atoms with Crippen LogP contribution in [0.3, 0.4) is 0 Å². The van der Waals surface area contributed by atoms with E-state index in [0.717, 1.165) is 15.7 Å². The highest BCUT2D eigenvalue weighted by Crippen LogP contribution is 2.24. The Kier molecular flexibility index (Phi) is 7.48. The lowest BCUT2D eigenvalue weighted by Gasteiger charge is -2.16. The molecule has 4 nitrogen and oxygen atoms in total. The first kappa shape index (κ1) is 16.5. The first-order chi connectivity index (χ1) is 9.04. The molecule has 1 rings (SSSR count). The van der Waals surface area contributed by atoms with Crippen molar-refractivity contribution in [1.82, 2.24) is 5.32 Å². The molecular weight excluding hydrogens is 379 g/mol. The van der Waals surface area contributed by atoms with Crippen LogP contribution in [0.4, 0.5) is 5.69 Å². The lowest BCUT2D eigenvalue weighted by atomic mass is 10.2. The van der Waals surface area contributed by atoms with Crippen LogP contribution in [0.1, 0.15) is 13.3 Å². The van der Waals surface area contributed by atoms with Crippen LogP contribution in [0.2, 0.25) is 5.02 Å². The van der Waals surface area contributed by atoms with Crippen molar-refractivity contribution in [3.63, 3.8) is 0 Å². The molecule has 0 spiro atoms. The molecule has 1 unspecified atom stereocenters. The van der Waals surface area contributed by atoms with Crippen LogP contribution in [0, 0.1) is 3.57 Å². The smallest absolute Gasteiger partial charge is 0.242 e. The zero-order chi connectivity index (χ0) is 14.3. The van der Waals surface area contributed by atoms with Crippen LogP contribution in [-0.2, 0) is 9.53 Å². The van der Waals surface area contributed by atoms with Gasteiger partial charge < -0.3 is 15.4 Å². The predicted molar refractivity (Wildman–Crippen MR) is 86.8 cm³/mol. The lowest BCUT2D eigenvalue weighted by molar-refractivity contribution is -0.121. The first-order valence-electron chi connectivity index (χ1n) is 6.03. The van der Waals surface area contributed by atoms with Crippen molar-refractivity contribution < 1.29 is 9.53 Å². The van der Waals surface area contributed by atoms with E-state index >= 15 is 0 Å². The molecule has 0 aliphatic carbocycles. The second-order valence-corrected chi connectivity index (χ2v) is 5.78. The number of ether oxygens (including phenoxy) is 1. The van der Waals surface area contributed by atoms with E-state index in [9.17, 15) is 4.79 Å². The highest BCUT2D eigenvalue weighted by molar-refractivity contribution is 14.1. The van der Waals surface area contributed by atoms with Crippen molar-refractivity contribution in [3.05, 3.63) is 26.8 Å². The van der Waals surface area contributed by atoms with E-state index in [2.05, 4.69) is 33.2 Å². The third-order valence-electron chi connectivity index (χ3n) is 2.52. The molecule has 1 amide bonds. The predicted octanol–water partition coefficient (Wildman–Crippen LogP) is 2.90. The summed E-state index contributed by atoms with van der Waals surface area (Å²) in [4.78, 5) is 11.8. The fraction of sp³-hybridized carbons (Fsp3) is 0.462. The van der Waals surface area contributed by atoms with Crippen molar-refractivity contribution in [2.75, 3.05) is 25.6 Å². The van der Waals surface area contributed by atoms with Gasteiger partial charge in [-0.2, -0.15) is 0 Å². The molecule has 0 aliphatic rings. The maximum absolute atomic E-state index is 11.8. The van der Waals surface area contributed by atoms with Crippen molar-refractivity contribution in [3.8, 4) is 0 Å². The molecule has 0 aliphatic heterocycles. The number of hydrogen-bond acceptors (Lipinski definition) is 3. The summed E-state index contributed by atoms with van der Waals surface area (Å²) in [6.07, 6.45) is 0.805. The molecule has 19 heavy (non-hydrogen) atoms. The molecule has 0 saturated heterocycles. The van der Waals surface area contributed by atoms with Crippen molar-refractivity contribution in [2.24, 2.45) is 0 Å². The molecule has 0 saturated carbocycles. The number of hydrogen-bond donors (Lipinski definition) is 2. The molecule has 0 fully saturated rings. The van der Waals surface area contributed by atoms with Crippen molar-refractivity contribution >= 4 is 45.8 Å². The van der Waals surface area contributed by atoms with E-state index in [1.807, 2.05) is 18.2 Å². The third-order valence-corrected chi connectivity index (χ3v) is 3.50. The van der Waals surface area contributed by atoms with Gasteiger partial charge in [0, 0.05) is 23.8 Å². The van der Waals surface area contributed by atoms with E-state index in [1.165, 1.54) is 0 Å². The van der Waals surface area contributed by atoms with E-state index in [1.54, 1.807) is 14.0 Å². The van der Waals surface area contributed by atoms with Gasteiger partial charge in [0.05, 0.1) is 10.7 Å². The molecule has 0 heterocycles. The van der Waals surface area contributed by atoms with Gasteiger partial charge in [0.2, 0.25) is 5.91 Å². The number of anilines is 1. The van der Waals surface area contributed by atoms with Crippen LogP contribution in [-0.4, -0.2) is 32.2 Å². The van der Waals surface area contributed by atoms with Gasteiger partial charge in [-0.05, 0) is 54.1 Å². The van der Waals surface area contributed by atoms with E-state index in [0.29, 0.717) is 18.2 Å². The minimum atomic E-state index is -0.333. The second kappa shape index (κ2) is 8.60. The van der Waals surface area contributed by atoms with Crippen molar-refractivity contribution in [1.29, 1.82) is 0 Å². The Bertz CT molecular complexity index is 429. The third kappa shape index (κ3) is 5.97. The Labute approximate surface area is 132 Å². The Hall–Kier alpha value is -0.530. The summed E-state index contributed by atoms with van der Waals surface area (Å²) in [6.45, 7) is 3.06. The van der Waals surface area contributed by atoms with Crippen LogP contribution >= 0.6 is 34.2 Å². The maximum Gasteiger partial charge on any atom is 0.242 e. The van der Waals surface area contributed by atoms with E-state index in [4.69, 9.17) is 16.3 Å². The minimum Gasteiger partial charge on any atom is -0.385 e. The molecular formula is C13H18ClIN2O2. The maximum atomic E-state index is 11.8. The Balaban J connectivity index is 2.45. The quantitative estimate of drug-likeness (QED) is 0.550. The van der Waals surface area contributed by atoms with E-state index in [-0.39, 0.29) is 11.9 Å². The number of rotatable bonds is 7. The molecule has 0 aromatic heterocycles. The monoisotopic (exact) mass is 396 g/mol. The van der Waals surface area contributed by atoms with Gasteiger partial charge in [-0.1, -0.05) is 11.6 Å². The van der Waals surface area contributed by atoms with Gasteiger partial charge in [-0.3, -0.25) is 4.79 Å². The highest BCUT2D eigenvalue weighted by Gasteiger charge is 2.13. The van der Waals surface area contributed by atoms with Crippen LogP contribution in [0.5, 0.6) is 0 Å². The highest BCUT2D eigenvalue weighted by atomic mass is 127. The first-order valence-corrected chi connectivity index (χ1v) is 7.48. The number of benzene rings is 1. The number of methoxy groups -OCH3 is 1. The average molecular weight is 397 g/mol. The van der Waals surface area contributed by atoms with Gasteiger partial charge in [0.25, 0.3) is 0 Å². The molecule has 0 radical (unpaired) electrons. The number of carbonyl (C=O) groups is 1. The fourth-order valence-corrected chi connectivity index (χ4v) is 2.40. The SMILES string of the molecule is COCCCNC(=O)C(C)Nc1ccc(I)cc1Cl. The number of halogens is 2. The summed E-state index contributed by atoms with van der Waals surface area (Å²) < 4.78 is 5.98. The molecule has 2 N–H and O–H groups in total. The largest absolute Gasteiger partial charge is 0.385 e. The minimum absolute atomic E-state index is 0.0503. The molecule has 106 valence electrons. The van der Waals surface area contributed by atoms with Gasteiger partial charge in [0.15, 0.2) is 0 Å². The topological polar surface area (TPSA) is 50.4 Å². The second-order valence-electron chi connectivity index (χ2n) is 4.13. The van der Waals surface area contributed by atoms with Gasteiger partial charge >= 0.3 is 0 Å². The Morgan fingerprint density at radius 2 is 2.26 bits per heavy atom. The molecule has 1 aromatic carbocycles. The summed E-state index contributed by atoms with van der Waals surface area (Å²) in [6, 6.07) is 5.34. The molecule has 6 heteroatoms. The van der Waals surface area contributed by atoms with Gasteiger partial charge in [-0.15, -0.1) is 0 Å². The van der Waals surface area contributed by atoms with Crippen molar-refractivity contribution in [2.45, 2.75) is 19.4 Å². The zero-order valence-corrected chi connectivity index (χ0v) is 13.9. The summed E-state index contributed by atoms with van der Waals surface area (Å²) >= 11 is 8.30. The summed E-state index contributed by atoms with van der Waals surface area (Å²) in [5.74, 6) is -0.0503. The van der Waals surface area contributed by atoms with Crippen LogP contribution in [0.15, 0.2) is 18.2 Å². The number of amides is 1. The average Bonchev–Trinajstić information content (AvgIpc) is 2.37. The van der Waals surface area contributed by atoms with Gasteiger partial charge in [-0.25, -0.2) is 0 Å². The van der Waals surface area contributed by atoms with Crippen LogP contribution in [0.25, 0.3) is 0 Å². The van der Waals surface area contributed by atoms with E-state index < -0.39 is 0 Å². The van der Waals surface area contributed by atoms with Gasteiger partial charge in [0.1, 0.15) is 6.04 Å². The lowest BCUT2D eigenvalue weighted by Crippen LogP contribution is -2.38. The number of carbonyl (C=O) groups excluding carboxylic acids is 1. The summed E-state index contributed by atoms with van der Waals surface area (Å²) in [7, 11) is 1.64. The number of nitrogens with one attached hydrogen (secondary N) is 2. The normalized spacial score (nSPS) is 12.0. The molecule has 1 atom stereocenters. The zero-order valence-electron chi connectivity index (χ0n) is 11.0.